The first-order valence-corrected chi connectivity index (χ1v) is 9.54. The molecule has 1 aliphatic rings. The van der Waals surface area contributed by atoms with Gasteiger partial charge in [-0.2, -0.15) is 0 Å². The smallest absolute Gasteiger partial charge is 0.164 e. The summed E-state index contributed by atoms with van der Waals surface area (Å²) >= 11 is 0. The zero-order valence-corrected chi connectivity index (χ0v) is 17.0. The number of carbonyl (C=O) groups excluding carboxylic acids is 1. The molecule has 0 radical (unpaired) electrons. The Balaban J connectivity index is 1.70. The van der Waals surface area contributed by atoms with Gasteiger partial charge in [0.2, 0.25) is 0 Å². The maximum Gasteiger partial charge on any atom is 0.164 e. The molecule has 4 nitrogen and oxygen atoms in total. The van der Waals surface area contributed by atoms with Gasteiger partial charge in [-0.3, -0.25) is 9.69 Å². The molecular weight excluding hydrogens is 338 g/mol. The highest BCUT2D eigenvalue weighted by molar-refractivity contribution is 5.96. The van der Waals surface area contributed by atoms with Crippen LogP contribution < -0.4 is 9.47 Å². The van der Waals surface area contributed by atoms with Crippen LogP contribution in [-0.4, -0.2) is 38.0 Å². The highest BCUT2D eigenvalue weighted by atomic mass is 16.5. The van der Waals surface area contributed by atoms with E-state index in [0.29, 0.717) is 6.42 Å². The van der Waals surface area contributed by atoms with E-state index in [4.69, 9.17) is 9.47 Å². The van der Waals surface area contributed by atoms with Crippen LogP contribution in [0.4, 0.5) is 0 Å². The third kappa shape index (κ3) is 4.01. The van der Waals surface area contributed by atoms with Crippen LogP contribution in [0.5, 0.6) is 11.5 Å². The van der Waals surface area contributed by atoms with Crippen molar-refractivity contribution in [2.75, 3.05) is 27.3 Å². The molecule has 4 heteroatoms. The van der Waals surface area contributed by atoms with Gasteiger partial charge in [0, 0.05) is 31.1 Å². The first kappa shape index (κ1) is 19.4. The molecule has 0 aliphatic carbocycles. The van der Waals surface area contributed by atoms with Crippen LogP contribution >= 0.6 is 0 Å². The van der Waals surface area contributed by atoms with E-state index in [1.807, 2.05) is 18.2 Å². The second-order valence-electron chi connectivity index (χ2n) is 7.34. The van der Waals surface area contributed by atoms with Crippen molar-refractivity contribution in [2.45, 2.75) is 39.7 Å². The summed E-state index contributed by atoms with van der Waals surface area (Å²) in [6, 6.07) is 10.4. The average molecular weight is 367 g/mol. The second-order valence-corrected chi connectivity index (χ2v) is 7.34. The number of aryl methyl sites for hydroxylation is 2. The van der Waals surface area contributed by atoms with E-state index >= 15 is 0 Å². The summed E-state index contributed by atoms with van der Waals surface area (Å²) in [6.45, 7) is 8.03. The fraction of sp³-hybridized carbons (Fsp3) is 0.435. The SMILES string of the molecule is COc1cc2c(cc1OC)C(C)N(CCC(=O)c1ccc(C)c(C)c1)CC2. The number of methoxy groups -OCH3 is 2. The molecular formula is C23H29NO3. The van der Waals surface area contributed by atoms with Crippen molar-refractivity contribution in [3.63, 3.8) is 0 Å². The van der Waals surface area contributed by atoms with Crippen LogP contribution in [0.2, 0.25) is 0 Å². The normalized spacial score (nSPS) is 16.7. The van der Waals surface area contributed by atoms with Crippen LogP contribution in [0.1, 0.15) is 52.0 Å². The molecule has 1 unspecified atom stereocenters. The molecule has 0 N–H and O–H groups in total. The van der Waals surface area contributed by atoms with Crippen molar-refractivity contribution in [3.8, 4) is 11.5 Å². The second kappa shape index (κ2) is 8.13. The predicted molar refractivity (Wildman–Crippen MR) is 108 cm³/mol. The number of hydrogen-bond donors (Lipinski definition) is 0. The number of hydrogen-bond acceptors (Lipinski definition) is 4. The topological polar surface area (TPSA) is 38.8 Å². The molecule has 0 fully saturated rings. The van der Waals surface area contributed by atoms with Crippen LogP contribution in [0.3, 0.4) is 0 Å². The van der Waals surface area contributed by atoms with Gasteiger partial charge >= 0.3 is 0 Å². The van der Waals surface area contributed by atoms with Crippen LogP contribution in [-0.2, 0) is 6.42 Å². The van der Waals surface area contributed by atoms with Gasteiger partial charge in [0.1, 0.15) is 0 Å². The monoisotopic (exact) mass is 367 g/mol. The van der Waals surface area contributed by atoms with Crippen molar-refractivity contribution in [1.82, 2.24) is 4.90 Å². The maximum atomic E-state index is 12.6. The molecule has 0 bridgehead atoms. The quantitative estimate of drug-likeness (QED) is 0.704. The summed E-state index contributed by atoms with van der Waals surface area (Å²) in [4.78, 5) is 15.0. The molecule has 3 rings (SSSR count). The lowest BCUT2D eigenvalue weighted by atomic mass is 9.92. The number of ether oxygens (including phenoxy) is 2. The zero-order valence-electron chi connectivity index (χ0n) is 17.0. The molecule has 0 spiro atoms. The van der Waals surface area contributed by atoms with Gasteiger partial charge in [0.05, 0.1) is 14.2 Å². The highest BCUT2D eigenvalue weighted by Gasteiger charge is 2.26. The van der Waals surface area contributed by atoms with E-state index in [1.165, 1.54) is 22.3 Å². The number of fused-ring (bicyclic) bond motifs is 1. The molecule has 2 aromatic rings. The Morgan fingerprint density at radius 2 is 1.78 bits per heavy atom. The average Bonchev–Trinajstić information content (AvgIpc) is 2.68. The third-order valence-corrected chi connectivity index (χ3v) is 5.77. The van der Waals surface area contributed by atoms with E-state index in [0.717, 1.165) is 36.6 Å². The van der Waals surface area contributed by atoms with E-state index in [2.05, 4.69) is 37.8 Å². The van der Waals surface area contributed by atoms with E-state index in [1.54, 1.807) is 14.2 Å². The molecule has 0 saturated heterocycles. The van der Waals surface area contributed by atoms with Crippen molar-refractivity contribution in [3.05, 3.63) is 58.1 Å². The first-order valence-electron chi connectivity index (χ1n) is 9.54. The molecule has 144 valence electrons. The van der Waals surface area contributed by atoms with Gasteiger partial charge in [0.15, 0.2) is 17.3 Å². The maximum absolute atomic E-state index is 12.6. The highest BCUT2D eigenvalue weighted by Crippen LogP contribution is 2.37. The lowest BCUT2D eigenvalue weighted by Gasteiger charge is -2.35. The summed E-state index contributed by atoms with van der Waals surface area (Å²) in [5.41, 5.74) is 5.77. The number of Topliss-reactive ketones (excluding diaryl/α,β-unsaturated/α-hetero) is 1. The minimum atomic E-state index is 0.211. The number of nitrogens with zero attached hydrogens (tertiary/aromatic N) is 1. The first-order chi connectivity index (χ1) is 12.9. The van der Waals surface area contributed by atoms with Gasteiger partial charge in [-0.15, -0.1) is 0 Å². The summed E-state index contributed by atoms with van der Waals surface area (Å²) < 4.78 is 10.9. The third-order valence-electron chi connectivity index (χ3n) is 5.77. The Morgan fingerprint density at radius 1 is 1.07 bits per heavy atom. The van der Waals surface area contributed by atoms with Gasteiger partial charge < -0.3 is 9.47 Å². The largest absolute Gasteiger partial charge is 0.493 e. The van der Waals surface area contributed by atoms with Gasteiger partial charge in [0.25, 0.3) is 0 Å². The van der Waals surface area contributed by atoms with Crippen LogP contribution in [0, 0.1) is 13.8 Å². The van der Waals surface area contributed by atoms with Crippen molar-refractivity contribution in [2.24, 2.45) is 0 Å². The van der Waals surface area contributed by atoms with E-state index in [-0.39, 0.29) is 11.8 Å². The molecule has 27 heavy (non-hydrogen) atoms. The lowest BCUT2D eigenvalue weighted by Crippen LogP contribution is -2.35. The standard InChI is InChI=1S/C23H29NO3/c1-15-6-7-19(12-16(15)2)21(25)9-11-24-10-8-18-13-22(26-4)23(27-5)14-20(18)17(24)3/h6-7,12-14,17H,8-11H2,1-5H3. The van der Waals surface area contributed by atoms with E-state index < -0.39 is 0 Å². The number of ketones is 1. The molecule has 2 aromatic carbocycles. The van der Waals surface area contributed by atoms with Gasteiger partial charge in [-0.05, 0) is 67.6 Å². The molecule has 1 atom stereocenters. The van der Waals surface area contributed by atoms with Crippen molar-refractivity contribution in [1.29, 1.82) is 0 Å². The summed E-state index contributed by atoms with van der Waals surface area (Å²) in [6.07, 6.45) is 1.49. The Hall–Kier alpha value is -2.33. The number of carbonyl (C=O) groups is 1. The minimum absolute atomic E-state index is 0.211. The fourth-order valence-corrected chi connectivity index (χ4v) is 3.81. The number of benzene rings is 2. The summed E-state index contributed by atoms with van der Waals surface area (Å²) in [7, 11) is 3.33. The zero-order chi connectivity index (χ0) is 19.6. The Labute approximate surface area is 162 Å². The molecule has 1 heterocycles. The van der Waals surface area contributed by atoms with Gasteiger partial charge in [-0.1, -0.05) is 12.1 Å². The van der Waals surface area contributed by atoms with Crippen LogP contribution in [0.15, 0.2) is 30.3 Å². The number of rotatable bonds is 6. The minimum Gasteiger partial charge on any atom is -0.493 e. The Bertz CT molecular complexity index is 844. The Kier molecular flexibility index (Phi) is 5.85. The molecule has 1 aliphatic heterocycles. The van der Waals surface area contributed by atoms with Crippen molar-refractivity contribution >= 4 is 5.78 Å². The van der Waals surface area contributed by atoms with E-state index in [9.17, 15) is 4.79 Å². The molecule has 0 aromatic heterocycles. The fourth-order valence-electron chi connectivity index (χ4n) is 3.81. The molecule has 0 amide bonds. The van der Waals surface area contributed by atoms with Crippen LogP contribution in [0.25, 0.3) is 0 Å². The molecule has 0 saturated carbocycles. The van der Waals surface area contributed by atoms with Crippen molar-refractivity contribution < 1.29 is 14.3 Å². The van der Waals surface area contributed by atoms with Gasteiger partial charge in [-0.25, -0.2) is 0 Å². The summed E-state index contributed by atoms with van der Waals surface area (Å²) in [5.74, 6) is 1.75. The Morgan fingerprint density at radius 3 is 2.44 bits per heavy atom. The summed E-state index contributed by atoms with van der Waals surface area (Å²) in [5, 5.41) is 0. The lowest BCUT2D eigenvalue weighted by molar-refractivity contribution is 0.0949. The predicted octanol–water partition coefficient (Wildman–Crippen LogP) is 4.51.